The third-order valence-corrected chi connectivity index (χ3v) is 3.01. The predicted molar refractivity (Wildman–Crippen MR) is 71.5 cm³/mol. The Bertz CT molecular complexity index is 555. The zero-order valence-electron chi connectivity index (χ0n) is 10.6. The van der Waals surface area contributed by atoms with Crippen LogP contribution in [0.2, 0.25) is 0 Å². The van der Waals surface area contributed by atoms with Crippen molar-refractivity contribution in [2.45, 2.75) is 19.8 Å². The summed E-state index contributed by atoms with van der Waals surface area (Å²) in [6.45, 7) is 4.15. The lowest BCUT2D eigenvalue weighted by Gasteiger charge is -2.23. The number of nitriles is 1. The van der Waals surface area contributed by atoms with Gasteiger partial charge in [-0.25, -0.2) is 0 Å². The molecule has 18 heavy (non-hydrogen) atoms. The fourth-order valence-corrected chi connectivity index (χ4v) is 2.18. The molecule has 0 N–H and O–H groups in total. The van der Waals surface area contributed by atoms with E-state index < -0.39 is 0 Å². The van der Waals surface area contributed by atoms with E-state index in [1.165, 1.54) is 11.1 Å². The molecule has 1 aliphatic rings. The van der Waals surface area contributed by atoms with Gasteiger partial charge in [0.2, 0.25) is 0 Å². The molecule has 1 aliphatic carbocycles. The number of ether oxygens (including phenoxy) is 1. The third-order valence-electron chi connectivity index (χ3n) is 3.01. The molecule has 2 heteroatoms. The summed E-state index contributed by atoms with van der Waals surface area (Å²) >= 11 is 0. The van der Waals surface area contributed by atoms with Gasteiger partial charge < -0.3 is 4.74 Å². The van der Waals surface area contributed by atoms with Gasteiger partial charge in [0.25, 0.3) is 6.26 Å². The van der Waals surface area contributed by atoms with Gasteiger partial charge in [-0.1, -0.05) is 48.1 Å². The van der Waals surface area contributed by atoms with Crippen LogP contribution in [0.25, 0.3) is 0 Å². The molecule has 0 aliphatic heterocycles. The van der Waals surface area contributed by atoms with E-state index in [1.807, 2.05) is 30.4 Å². The Labute approximate surface area is 108 Å². The number of allylic oxidation sites excluding steroid dienone is 5. The van der Waals surface area contributed by atoms with E-state index in [0.717, 1.165) is 5.56 Å². The van der Waals surface area contributed by atoms with Gasteiger partial charge >= 0.3 is 0 Å². The lowest BCUT2D eigenvalue weighted by atomic mass is 9.84. The number of hydrogen-bond acceptors (Lipinski definition) is 2. The zero-order valence-corrected chi connectivity index (χ0v) is 10.6. The van der Waals surface area contributed by atoms with Gasteiger partial charge in [0.1, 0.15) is 5.76 Å². The van der Waals surface area contributed by atoms with Crippen molar-refractivity contribution in [2.75, 3.05) is 0 Å². The first-order chi connectivity index (χ1) is 8.74. The van der Waals surface area contributed by atoms with Crippen LogP contribution in [0.1, 0.15) is 25.3 Å². The molecule has 2 nitrogen and oxygen atoms in total. The first-order valence-electron chi connectivity index (χ1n) is 5.90. The highest BCUT2D eigenvalue weighted by molar-refractivity contribution is 5.48. The molecule has 0 bridgehead atoms. The van der Waals surface area contributed by atoms with Crippen LogP contribution in [0.15, 0.2) is 65.5 Å². The van der Waals surface area contributed by atoms with Crippen LogP contribution in [0.4, 0.5) is 0 Å². The fraction of sp³-hybridized carbons (Fsp3) is 0.188. The molecule has 1 aromatic carbocycles. The normalized spacial score (nSPS) is 17.9. The molecule has 0 saturated carbocycles. The molecule has 90 valence electrons. The highest BCUT2D eigenvalue weighted by atomic mass is 16.5. The molecular formula is C16H15NO. The molecule has 0 heterocycles. The number of rotatable bonds is 2. The first-order valence-corrected chi connectivity index (χ1v) is 5.90. The minimum absolute atomic E-state index is 0.0147. The Hall–Kier alpha value is -2.27. The smallest absolute Gasteiger partial charge is 0.291 e. The summed E-state index contributed by atoms with van der Waals surface area (Å²) in [5.41, 5.74) is 3.56. The molecule has 2 rings (SSSR count). The zero-order chi connectivity index (χ0) is 13.0. The van der Waals surface area contributed by atoms with Crippen LogP contribution in [-0.4, -0.2) is 0 Å². The largest absolute Gasteiger partial charge is 0.392 e. The SMILES string of the molecule is CC(C)=C1C=CC=C(OC#N)C1c1ccccc1. The standard InChI is InChI=1S/C16H15NO/c1-12(2)14-9-6-10-15(18-11-17)16(14)13-7-4-3-5-8-13/h3-10,16H,1-2H3. The molecule has 0 spiro atoms. The predicted octanol–water partition coefficient (Wildman–Crippen LogP) is 4.06. The second-order valence-corrected chi connectivity index (χ2v) is 4.42. The second-order valence-electron chi connectivity index (χ2n) is 4.42. The Morgan fingerprint density at radius 3 is 2.56 bits per heavy atom. The average molecular weight is 237 g/mol. The third kappa shape index (κ3) is 2.36. The van der Waals surface area contributed by atoms with Crippen molar-refractivity contribution in [1.29, 1.82) is 5.26 Å². The quantitative estimate of drug-likeness (QED) is 0.727. The van der Waals surface area contributed by atoms with Crippen LogP contribution in [-0.2, 0) is 4.74 Å². The summed E-state index contributed by atoms with van der Waals surface area (Å²) in [5, 5.41) is 8.75. The van der Waals surface area contributed by atoms with Gasteiger partial charge in [0.15, 0.2) is 0 Å². The van der Waals surface area contributed by atoms with E-state index in [1.54, 1.807) is 6.26 Å². The molecule has 1 atom stereocenters. The molecular weight excluding hydrogens is 222 g/mol. The van der Waals surface area contributed by atoms with Crippen LogP contribution >= 0.6 is 0 Å². The molecule has 1 unspecified atom stereocenters. The summed E-state index contributed by atoms with van der Waals surface area (Å²) in [6.07, 6.45) is 7.63. The van der Waals surface area contributed by atoms with Gasteiger partial charge in [-0.3, -0.25) is 0 Å². The van der Waals surface area contributed by atoms with Crippen molar-refractivity contribution in [1.82, 2.24) is 0 Å². The minimum atomic E-state index is 0.0147. The van der Waals surface area contributed by atoms with Gasteiger partial charge in [-0.2, -0.15) is 0 Å². The lowest BCUT2D eigenvalue weighted by Crippen LogP contribution is -2.10. The summed E-state index contributed by atoms with van der Waals surface area (Å²) in [5.74, 6) is 0.697. The van der Waals surface area contributed by atoms with Crippen molar-refractivity contribution in [2.24, 2.45) is 0 Å². The van der Waals surface area contributed by atoms with E-state index in [-0.39, 0.29) is 5.92 Å². The summed E-state index contributed by atoms with van der Waals surface area (Å²) in [4.78, 5) is 0. The van der Waals surface area contributed by atoms with Crippen LogP contribution in [0, 0.1) is 11.5 Å². The maximum Gasteiger partial charge on any atom is 0.291 e. The Morgan fingerprint density at radius 2 is 1.94 bits per heavy atom. The first kappa shape index (κ1) is 12.2. The Kier molecular flexibility index (Phi) is 3.64. The van der Waals surface area contributed by atoms with E-state index in [9.17, 15) is 0 Å². The van der Waals surface area contributed by atoms with E-state index in [0.29, 0.717) is 5.76 Å². The van der Waals surface area contributed by atoms with Crippen molar-refractivity contribution < 1.29 is 4.74 Å². The molecule has 0 radical (unpaired) electrons. The van der Waals surface area contributed by atoms with Gasteiger partial charge in [-0.15, -0.1) is 5.26 Å². The van der Waals surface area contributed by atoms with Crippen LogP contribution < -0.4 is 0 Å². The molecule has 0 fully saturated rings. The van der Waals surface area contributed by atoms with Crippen LogP contribution in [0.3, 0.4) is 0 Å². The monoisotopic (exact) mass is 237 g/mol. The Morgan fingerprint density at radius 1 is 1.22 bits per heavy atom. The number of benzene rings is 1. The lowest BCUT2D eigenvalue weighted by molar-refractivity contribution is 0.348. The molecule has 0 amide bonds. The molecule has 1 aromatic rings. The number of hydrogen-bond donors (Lipinski definition) is 0. The summed E-state index contributed by atoms with van der Waals surface area (Å²) < 4.78 is 5.11. The molecule has 0 aromatic heterocycles. The van der Waals surface area contributed by atoms with Gasteiger partial charge in [0, 0.05) is 0 Å². The molecule has 0 saturated heterocycles. The topological polar surface area (TPSA) is 33.0 Å². The van der Waals surface area contributed by atoms with E-state index in [4.69, 9.17) is 10.00 Å². The maximum absolute atomic E-state index is 8.75. The average Bonchev–Trinajstić information content (AvgIpc) is 2.40. The highest BCUT2D eigenvalue weighted by Gasteiger charge is 2.24. The van der Waals surface area contributed by atoms with Crippen molar-refractivity contribution in [3.63, 3.8) is 0 Å². The van der Waals surface area contributed by atoms with Crippen molar-refractivity contribution in [3.05, 3.63) is 71.0 Å². The highest BCUT2D eigenvalue weighted by Crippen LogP contribution is 2.37. The number of nitrogens with zero attached hydrogens (tertiary/aromatic N) is 1. The Balaban J connectivity index is 2.50. The minimum Gasteiger partial charge on any atom is -0.392 e. The van der Waals surface area contributed by atoms with E-state index in [2.05, 4.69) is 32.1 Å². The van der Waals surface area contributed by atoms with Gasteiger partial charge in [0.05, 0.1) is 5.92 Å². The second kappa shape index (κ2) is 5.37. The van der Waals surface area contributed by atoms with Crippen molar-refractivity contribution in [3.8, 4) is 6.26 Å². The van der Waals surface area contributed by atoms with E-state index >= 15 is 0 Å². The van der Waals surface area contributed by atoms with Crippen molar-refractivity contribution >= 4 is 0 Å². The van der Waals surface area contributed by atoms with Gasteiger partial charge in [-0.05, 0) is 31.1 Å². The maximum atomic E-state index is 8.75. The summed E-state index contributed by atoms with van der Waals surface area (Å²) in [6, 6.07) is 10.1. The fourth-order valence-electron chi connectivity index (χ4n) is 2.18. The summed E-state index contributed by atoms with van der Waals surface area (Å²) in [7, 11) is 0. The van der Waals surface area contributed by atoms with Crippen LogP contribution in [0.5, 0.6) is 0 Å².